The Morgan fingerprint density at radius 2 is 2.06 bits per heavy atom. The second kappa shape index (κ2) is 4.97. The van der Waals surface area contributed by atoms with Crippen molar-refractivity contribution < 1.29 is 4.52 Å². The van der Waals surface area contributed by atoms with Gasteiger partial charge in [0.1, 0.15) is 6.04 Å². The quantitative estimate of drug-likeness (QED) is 0.866. The first-order chi connectivity index (χ1) is 8.22. The number of hydrogen-bond acceptors (Lipinski definition) is 5. The van der Waals surface area contributed by atoms with Crippen LogP contribution in [-0.2, 0) is 0 Å². The molecule has 2 N–H and O–H groups in total. The Morgan fingerprint density at radius 3 is 2.71 bits per heavy atom. The lowest BCUT2D eigenvalue weighted by molar-refractivity contribution is 0.366. The van der Waals surface area contributed by atoms with E-state index in [2.05, 4.69) is 10.1 Å². The number of aromatic nitrogens is 2. The highest BCUT2D eigenvalue weighted by molar-refractivity contribution is 5.29. The van der Waals surface area contributed by atoms with Crippen LogP contribution in [-0.4, -0.2) is 23.7 Å². The Hall–Kier alpha value is -1.88. The van der Waals surface area contributed by atoms with Gasteiger partial charge in [0.05, 0.1) is 0 Å². The van der Waals surface area contributed by atoms with Crippen LogP contribution in [0, 0.1) is 0 Å². The van der Waals surface area contributed by atoms with Crippen molar-refractivity contribution in [1.29, 1.82) is 0 Å². The molecule has 90 valence electrons. The van der Waals surface area contributed by atoms with Gasteiger partial charge in [0.2, 0.25) is 5.89 Å². The van der Waals surface area contributed by atoms with Crippen molar-refractivity contribution in [3.8, 4) is 0 Å². The van der Waals surface area contributed by atoms with Crippen molar-refractivity contribution in [2.45, 2.75) is 13.0 Å². The SMILES string of the molecule is CCN(C)c1noc(C(N)c2ccccc2)n1. The number of anilines is 1. The fourth-order valence-electron chi connectivity index (χ4n) is 1.45. The van der Waals surface area contributed by atoms with E-state index >= 15 is 0 Å². The van der Waals surface area contributed by atoms with Crippen LogP contribution in [0.4, 0.5) is 5.95 Å². The molecule has 0 bridgehead atoms. The van der Waals surface area contributed by atoms with Crippen molar-refractivity contribution in [2.75, 3.05) is 18.5 Å². The molecule has 1 heterocycles. The van der Waals surface area contributed by atoms with Gasteiger partial charge in [0, 0.05) is 13.6 Å². The summed E-state index contributed by atoms with van der Waals surface area (Å²) in [4.78, 5) is 6.17. The van der Waals surface area contributed by atoms with Gasteiger partial charge < -0.3 is 15.2 Å². The van der Waals surface area contributed by atoms with Crippen LogP contribution >= 0.6 is 0 Å². The van der Waals surface area contributed by atoms with E-state index in [0.29, 0.717) is 11.8 Å². The number of hydrogen-bond donors (Lipinski definition) is 1. The first kappa shape index (κ1) is 11.6. The third-order valence-electron chi connectivity index (χ3n) is 2.67. The lowest BCUT2D eigenvalue weighted by Crippen LogP contribution is -2.18. The van der Waals surface area contributed by atoms with Crippen molar-refractivity contribution >= 4 is 5.95 Å². The summed E-state index contributed by atoms with van der Waals surface area (Å²) < 4.78 is 5.18. The fraction of sp³-hybridized carbons (Fsp3) is 0.333. The maximum Gasteiger partial charge on any atom is 0.265 e. The van der Waals surface area contributed by atoms with Crippen molar-refractivity contribution in [3.63, 3.8) is 0 Å². The Bertz CT molecular complexity index is 468. The summed E-state index contributed by atoms with van der Waals surface area (Å²) in [7, 11) is 1.91. The van der Waals surface area contributed by atoms with Crippen molar-refractivity contribution in [3.05, 3.63) is 41.8 Å². The third kappa shape index (κ3) is 2.45. The molecule has 0 aliphatic carbocycles. The maximum absolute atomic E-state index is 6.06. The van der Waals surface area contributed by atoms with Crippen molar-refractivity contribution in [2.24, 2.45) is 5.73 Å². The molecule has 1 unspecified atom stereocenters. The molecule has 0 radical (unpaired) electrons. The summed E-state index contributed by atoms with van der Waals surface area (Å²) in [5, 5.41) is 3.89. The van der Waals surface area contributed by atoms with Gasteiger partial charge in [-0.2, -0.15) is 4.98 Å². The van der Waals surface area contributed by atoms with Crippen LogP contribution in [0.5, 0.6) is 0 Å². The average Bonchev–Trinajstić information content (AvgIpc) is 2.87. The molecule has 5 nitrogen and oxygen atoms in total. The molecule has 1 atom stereocenters. The largest absolute Gasteiger partial charge is 0.342 e. The summed E-state index contributed by atoms with van der Waals surface area (Å²) in [6, 6.07) is 9.33. The summed E-state index contributed by atoms with van der Waals surface area (Å²) in [6.07, 6.45) is 0. The highest BCUT2D eigenvalue weighted by atomic mass is 16.5. The van der Waals surface area contributed by atoms with Gasteiger partial charge in [0.15, 0.2) is 0 Å². The van der Waals surface area contributed by atoms with Gasteiger partial charge in [-0.15, -0.1) is 0 Å². The molecule has 0 saturated heterocycles. The second-order valence-corrected chi connectivity index (χ2v) is 3.84. The zero-order valence-corrected chi connectivity index (χ0v) is 10.00. The molecule has 17 heavy (non-hydrogen) atoms. The minimum absolute atomic E-state index is 0.372. The van der Waals surface area contributed by atoms with E-state index in [9.17, 15) is 0 Å². The molecule has 0 fully saturated rings. The van der Waals surface area contributed by atoms with E-state index in [1.165, 1.54) is 0 Å². The highest BCUT2D eigenvalue weighted by Crippen LogP contribution is 2.19. The molecule has 0 amide bonds. The molecular weight excluding hydrogens is 216 g/mol. The van der Waals surface area contributed by atoms with Gasteiger partial charge in [-0.25, -0.2) is 0 Å². The Balaban J connectivity index is 2.20. The summed E-state index contributed by atoms with van der Waals surface area (Å²) >= 11 is 0. The fourth-order valence-corrected chi connectivity index (χ4v) is 1.45. The lowest BCUT2D eigenvalue weighted by Gasteiger charge is -2.09. The Labute approximate surface area is 100 Å². The maximum atomic E-state index is 6.06. The van der Waals surface area contributed by atoms with Crippen molar-refractivity contribution in [1.82, 2.24) is 10.1 Å². The lowest BCUT2D eigenvalue weighted by atomic mass is 10.1. The minimum atomic E-state index is -0.372. The highest BCUT2D eigenvalue weighted by Gasteiger charge is 2.17. The van der Waals surface area contributed by atoms with Gasteiger partial charge in [-0.05, 0) is 17.6 Å². The first-order valence-corrected chi connectivity index (χ1v) is 5.57. The Kier molecular flexibility index (Phi) is 3.39. The predicted molar refractivity (Wildman–Crippen MR) is 65.7 cm³/mol. The van der Waals surface area contributed by atoms with E-state index in [-0.39, 0.29) is 6.04 Å². The van der Waals surface area contributed by atoms with E-state index in [0.717, 1.165) is 12.1 Å². The van der Waals surface area contributed by atoms with Crippen LogP contribution in [0.2, 0.25) is 0 Å². The average molecular weight is 232 g/mol. The smallest absolute Gasteiger partial charge is 0.265 e. The van der Waals surface area contributed by atoms with Gasteiger partial charge in [-0.3, -0.25) is 0 Å². The summed E-state index contributed by atoms with van der Waals surface area (Å²) in [5.41, 5.74) is 7.02. The molecule has 1 aromatic heterocycles. The topological polar surface area (TPSA) is 68.2 Å². The zero-order valence-electron chi connectivity index (χ0n) is 10.00. The van der Waals surface area contributed by atoms with Crippen LogP contribution in [0.1, 0.15) is 24.4 Å². The normalized spacial score (nSPS) is 12.4. The van der Waals surface area contributed by atoms with Gasteiger partial charge >= 0.3 is 0 Å². The molecule has 2 rings (SSSR count). The van der Waals surface area contributed by atoms with E-state index in [1.54, 1.807) is 0 Å². The third-order valence-corrected chi connectivity index (χ3v) is 2.67. The van der Waals surface area contributed by atoms with Gasteiger partial charge in [0.25, 0.3) is 5.95 Å². The standard InChI is InChI=1S/C12H16N4O/c1-3-16(2)12-14-11(17-15-12)10(13)9-7-5-4-6-8-9/h4-8,10H,3,13H2,1-2H3. The second-order valence-electron chi connectivity index (χ2n) is 3.84. The molecule has 2 aromatic rings. The summed E-state index contributed by atoms with van der Waals surface area (Å²) in [5.74, 6) is 1.00. The van der Waals surface area contributed by atoms with Crippen LogP contribution in [0.3, 0.4) is 0 Å². The number of rotatable bonds is 4. The zero-order chi connectivity index (χ0) is 12.3. The number of benzene rings is 1. The summed E-state index contributed by atoms with van der Waals surface area (Å²) in [6.45, 7) is 2.84. The number of nitrogens with two attached hydrogens (primary N) is 1. The minimum Gasteiger partial charge on any atom is -0.342 e. The molecule has 0 aliphatic rings. The monoisotopic (exact) mass is 232 g/mol. The Morgan fingerprint density at radius 1 is 1.35 bits per heavy atom. The molecule has 0 spiro atoms. The number of nitrogens with zero attached hydrogens (tertiary/aromatic N) is 3. The first-order valence-electron chi connectivity index (χ1n) is 5.57. The van der Waals surface area contributed by atoms with E-state index in [4.69, 9.17) is 10.3 Å². The van der Waals surface area contributed by atoms with Crippen LogP contribution in [0.15, 0.2) is 34.9 Å². The molecule has 0 aliphatic heterocycles. The predicted octanol–water partition coefficient (Wildman–Crippen LogP) is 1.57. The van der Waals surface area contributed by atoms with E-state index < -0.39 is 0 Å². The molecule has 1 aromatic carbocycles. The van der Waals surface area contributed by atoms with Crippen LogP contribution < -0.4 is 10.6 Å². The van der Waals surface area contributed by atoms with Crippen LogP contribution in [0.25, 0.3) is 0 Å². The molecule has 5 heteroatoms. The molecule has 0 saturated carbocycles. The van der Waals surface area contributed by atoms with Gasteiger partial charge in [-0.1, -0.05) is 30.3 Å². The van der Waals surface area contributed by atoms with E-state index in [1.807, 2.05) is 49.2 Å². The molecular formula is C12H16N4O.